The van der Waals surface area contributed by atoms with Crippen LogP contribution in [-0.2, 0) is 9.47 Å². The molecular weight excluding hydrogens is 344 g/mol. The summed E-state index contributed by atoms with van der Waals surface area (Å²) in [6, 6.07) is 1.30. The average Bonchev–Trinajstić information content (AvgIpc) is 3.23. The number of nitrogens with two attached hydrogens (primary N) is 1. The first-order valence-corrected chi connectivity index (χ1v) is 7.67. The van der Waals surface area contributed by atoms with Crippen LogP contribution in [0.15, 0.2) is 29.5 Å². The molecule has 0 spiro atoms. The second kappa shape index (κ2) is 8.46. The second-order valence-electron chi connectivity index (χ2n) is 4.77. The van der Waals surface area contributed by atoms with Crippen molar-refractivity contribution in [3.63, 3.8) is 0 Å². The van der Waals surface area contributed by atoms with Crippen molar-refractivity contribution in [3.05, 3.63) is 46.1 Å². The number of rotatable bonds is 4. The van der Waals surface area contributed by atoms with E-state index in [1.807, 2.05) is 0 Å². The van der Waals surface area contributed by atoms with Gasteiger partial charge in [0.25, 0.3) is 5.56 Å². The van der Waals surface area contributed by atoms with Crippen molar-refractivity contribution in [2.24, 2.45) is 0 Å². The third kappa shape index (κ3) is 4.06. The molecule has 26 heavy (non-hydrogen) atoms. The smallest absolute Gasteiger partial charge is 0.343 e. The predicted octanol–water partition coefficient (Wildman–Crippen LogP) is 0.368. The van der Waals surface area contributed by atoms with Gasteiger partial charge in [0, 0.05) is 18.5 Å². The van der Waals surface area contributed by atoms with E-state index in [1.165, 1.54) is 29.2 Å². The molecule has 11 heteroatoms. The maximum absolute atomic E-state index is 11.4. The van der Waals surface area contributed by atoms with Gasteiger partial charge in [0.1, 0.15) is 16.9 Å². The normalized spacial score (nSPS) is 10.1. The van der Waals surface area contributed by atoms with E-state index in [2.05, 4.69) is 25.0 Å². The number of H-pyrrole nitrogens is 2. The maximum Gasteiger partial charge on any atom is 0.343 e. The third-order valence-corrected chi connectivity index (χ3v) is 3.08. The van der Waals surface area contributed by atoms with Crippen LogP contribution in [0.2, 0.25) is 0 Å². The SMILES string of the molecule is CCOC(=O)c1c[nH]n2c(=O)ccnc12.CCOC(=O)c1cn[nH]c1N. The number of fused-ring (bicyclic) bond motifs is 1. The lowest BCUT2D eigenvalue weighted by molar-refractivity contribution is 0.0518. The van der Waals surface area contributed by atoms with Gasteiger partial charge in [0.2, 0.25) is 0 Å². The van der Waals surface area contributed by atoms with Crippen LogP contribution in [0.1, 0.15) is 34.6 Å². The minimum Gasteiger partial charge on any atom is -0.462 e. The fourth-order valence-corrected chi connectivity index (χ4v) is 1.94. The van der Waals surface area contributed by atoms with Gasteiger partial charge >= 0.3 is 11.9 Å². The first-order valence-electron chi connectivity index (χ1n) is 7.67. The van der Waals surface area contributed by atoms with Crippen molar-refractivity contribution < 1.29 is 19.1 Å². The summed E-state index contributed by atoms with van der Waals surface area (Å²) < 4.78 is 10.7. The van der Waals surface area contributed by atoms with E-state index in [9.17, 15) is 14.4 Å². The first-order chi connectivity index (χ1) is 12.5. The Kier molecular flexibility index (Phi) is 6.09. The number of hydrogen-bond donors (Lipinski definition) is 3. The van der Waals surface area contributed by atoms with E-state index in [4.69, 9.17) is 10.5 Å². The van der Waals surface area contributed by atoms with Gasteiger partial charge in [-0.3, -0.25) is 15.0 Å². The summed E-state index contributed by atoms with van der Waals surface area (Å²) in [5.74, 6) is -0.698. The van der Waals surface area contributed by atoms with E-state index >= 15 is 0 Å². The van der Waals surface area contributed by atoms with Crippen LogP contribution in [0.3, 0.4) is 0 Å². The highest BCUT2D eigenvalue weighted by Crippen LogP contribution is 2.07. The molecule has 3 heterocycles. The zero-order valence-electron chi connectivity index (χ0n) is 14.2. The topological polar surface area (TPSA) is 157 Å². The van der Waals surface area contributed by atoms with Crippen molar-refractivity contribution in [1.82, 2.24) is 24.8 Å². The highest BCUT2D eigenvalue weighted by Gasteiger charge is 2.14. The molecule has 0 aliphatic heterocycles. The summed E-state index contributed by atoms with van der Waals surface area (Å²) in [7, 11) is 0. The molecule has 0 radical (unpaired) electrons. The lowest BCUT2D eigenvalue weighted by atomic mass is 10.3. The molecule has 11 nitrogen and oxygen atoms in total. The number of anilines is 1. The standard InChI is InChI=1S/C9H9N3O3.C6H9N3O2/c1-2-15-9(14)6-5-11-12-7(13)3-4-10-8(6)12;1-2-11-6(10)4-3-8-9-5(4)7/h3-5,11H,2H2,1H3;3H,2H2,1H3,(H3,7,8,9). The predicted molar refractivity (Wildman–Crippen MR) is 90.7 cm³/mol. The van der Waals surface area contributed by atoms with E-state index < -0.39 is 11.9 Å². The number of hydrogen-bond acceptors (Lipinski definition) is 8. The lowest BCUT2D eigenvalue weighted by Gasteiger charge is -1.97. The van der Waals surface area contributed by atoms with E-state index in [0.717, 1.165) is 0 Å². The number of carbonyl (C=O) groups excluding carboxylic acids is 2. The Balaban J connectivity index is 0.000000197. The summed E-state index contributed by atoms with van der Waals surface area (Å²) in [5, 5.41) is 8.65. The molecule has 0 bridgehead atoms. The molecule has 3 aromatic heterocycles. The van der Waals surface area contributed by atoms with Gasteiger partial charge in [-0.1, -0.05) is 0 Å². The summed E-state index contributed by atoms with van der Waals surface area (Å²) in [6.07, 6.45) is 4.10. The van der Waals surface area contributed by atoms with Gasteiger partial charge in [-0.15, -0.1) is 0 Å². The summed E-state index contributed by atoms with van der Waals surface area (Å²) in [4.78, 5) is 37.6. The van der Waals surface area contributed by atoms with E-state index in [-0.39, 0.29) is 34.8 Å². The minimum absolute atomic E-state index is 0.239. The Bertz CT molecular complexity index is 957. The number of aromatic amines is 2. The highest BCUT2D eigenvalue weighted by atomic mass is 16.5. The van der Waals surface area contributed by atoms with Crippen LogP contribution in [0, 0.1) is 0 Å². The van der Waals surface area contributed by atoms with Gasteiger partial charge < -0.3 is 15.2 Å². The Morgan fingerprint density at radius 3 is 2.42 bits per heavy atom. The number of nitrogens with zero attached hydrogens (tertiary/aromatic N) is 3. The van der Waals surface area contributed by atoms with Gasteiger partial charge in [-0.2, -0.15) is 5.10 Å². The molecule has 138 valence electrons. The van der Waals surface area contributed by atoms with Crippen molar-refractivity contribution in [3.8, 4) is 0 Å². The molecule has 0 amide bonds. The molecule has 0 unspecified atom stereocenters. The molecular formula is C15H18N6O5. The van der Waals surface area contributed by atoms with Crippen LogP contribution in [0.4, 0.5) is 5.82 Å². The average molecular weight is 362 g/mol. The number of esters is 2. The summed E-state index contributed by atoms with van der Waals surface area (Å²) >= 11 is 0. The van der Waals surface area contributed by atoms with Gasteiger partial charge in [0.15, 0.2) is 5.65 Å². The Labute approximate surface area is 147 Å². The fourth-order valence-electron chi connectivity index (χ4n) is 1.94. The third-order valence-electron chi connectivity index (χ3n) is 3.08. The number of aromatic nitrogens is 5. The van der Waals surface area contributed by atoms with Gasteiger partial charge in [-0.25, -0.2) is 19.1 Å². The number of nitrogens with one attached hydrogen (secondary N) is 2. The lowest BCUT2D eigenvalue weighted by Crippen LogP contribution is -2.13. The van der Waals surface area contributed by atoms with Gasteiger partial charge in [-0.05, 0) is 13.8 Å². The zero-order chi connectivity index (χ0) is 19.1. The molecule has 0 aliphatic carbocycles. The molecule has 3 rings (SSSR count). The zero-order valence-corrected chi connectivity index (χ0v) is 14.2. The molecule has 4 N–H and O–H groups in total. The van der Waals surface area contributed by atoms with E-state index in [1.54, 1.807) is 13.8 Å². The van der Waals surface area contributed by atoms with Crippen molar-refractivity contribution in [1.29, 1.82) is 0 Å². The largest absolute Gasteiger partial charge is 0.462 e. The molecule has 0 saturated carbocycles. The Hall–Kier alpha value is -3.63. The van der Waals surface area contributed by atoms with Crippen LogP contribution in [-0.4, -0.2) is 49.9 Å². The van der Waals surface area contributed by atoms with Crippen LogP contribution in [0.5, 0.6) is 0 Å². The minimum atomic E-state index is -0.491. The van der Waals surface area contributed by atoms with E-state index in [0.29, 0.717) is 6.61 Å². The molecule has 0 atom stereocenters. The number of carbonyl (C=O) groups is 2. The van der Waals surface area contributed by atoms with Crippen LogP contribution < -0.4 is 11.3 Å². The van der Waals surface area contributed by atoms with Crippen LogP contribution in [0.25, 0.3) is 5.65 Å². The van der Waals surface area contributed by atoms with Crippen LogP contribution >= 0.6 is 0 Å². The monoisotopic (exact) mass is 362 g/mol. The molecule has 3 aromatic rings. The van der Waals surface area contributed by atoms with Gasteiger partial charge in [0.05, 0.1) is 19.4 Å². The number of ether oxygens (including phenoxy) is 2. The fraction of sp³-hybridized carbons (Fsp3) is 0.267. The molecule has 0 aliphatic rings. The first kappa shape index (κ1) is 18.7. The molecule has 0 saturated heterocycles. The maximum atomic E-state index is 11.4. The Morgan fingerprint density at radius 1 is 1.19 bits per heavy atom. The Morgan fingerprint density at radius 2 is 1.85 bits per heavy atom. The molecule has 0 aromatic carbocycles. The molecule has 0 fully saturated rings. The van der Waals surface area contributed by atoms with Crippen molar-refractivity contribution >= 4 is 23.4 Å². The number of nitrogen functional groups attached to an aromatic ring is 1. The quantitative estimate of drug-likeness (QED) is 0.562. The summed E-state index contributed by atoms with van der Waals surface area (Å²) in [6.45, 7) is 4.07. The summed E-state index contributed by atoms with van der Waals surface area (Å²) in [5.41, 5.74) is 5.91. The second-order valence-corrected chi connectivity index (χ2v) is 4.77. The van der Waals surface area contributed by atoms with Crippen molar-refractivity contribution in [2.45, 2.75) is 13.8 Å². The van der Waals surface area contributed by atoms with Crippen molar-refractivity contribution in [2.75, 3.05) is 18.9 Å². The highest BCUT2D eigenvalue weighted by molar-refractivity contribution is 5.95.